The molecule has 3 N–H and O–H groups in total. The number of allylic oxidation sites excluding steroid dienone is 1. The molecule has 2 aliphatic heterocycles. The van der Waals surface area contributed by atoms with E-state index in [9.17, 15) is 33.6 Å². The van der Waals surface area contributed by atoms with Gasteiger partial charge < -0.3 is 77.4 Å². The Hall–Kier alpha value is -7.85. The van der Waals surface area contributed by atoms with Crippen molar-refractivity contribution >= 4 is 63.7 Å². The van der Waals surface area contributed by atoms with E-state index < -0.39 is 23.6 Å². The van der Waals surface area contributed by atoms with Crippen LogP contribution in [0.2, 0.25) is 0 Å². The molecule has 26 nitrogen and oxygen atoms in total. The molecule has 0 radical (unpaired) electrons. The fourth-order valence-corrected chi connectivity index (χ4v) is 12.3. The number of ketones is 3. The van der Waals surface area contributed by atoms with Crippen LogP contribution >= 0.6 is 11.8 Å². The first-order valence-corrected chi connectivity index (χ1v) is 37.6. The number of carbonyl (C=O) groups excluding carboxylic acids is 6. The lowest BCUT2D eigenvalue weighted by Gasteiger charge is -2.35. The largest absolute Gasteiger partial charge is 0.510 e. The summed E-state index contributed by atoms with van der Waals surface area (Å²) in [7, 11) is 0. The van der Waals surface area contributed by atoms with Crippen molar-refractivity contribution in [3.63, 3.8) is 0 Å². The molecule has 1 amide bonds. The Morgan fingerprint density at radius 1 is 0.733 bits per heavy atom. The van der Waals surface area contributed by atoms with Crippen LogP contribution in [0.5, 0.6) is 0 Å². The van der Waals surface area contributed by atoms with Crippen molar-refractivity contribution in [3.8, 4) is 23.2 Å². The lowest BCUT2D eigenvalue weighted by Crippen LogP contribution is -2.47. The molecule has 3 aromatic heterocycles. The number of amides is 1. The van der Waals surface area contributed by atoms with Crippen molar-refractivity contribution in [3.05, 3.63) is 123 Å². The molecule has 0 aliphatic carbocycles. The first-order chi connectivity index (χ1) is 51.0. The molecule has 0 bridgehead atoms. The molecule has 2 aliphatic rings. The molecular formula is C78H105N7O19S. The second-order valence-electron chi connectivity index (χ2n) is 25.6. The first-order valence-electron chi connectivity index (χ1n) is 36.4. The van der Waals surface area contributed by atoms with Crippen molar-refractivity contribution in [2.24, 2.45) is 11.7 Å². The summed E-state index contributed by atoms with van der Waals surface area (Å²) in [6.45, 7) is 19.1. The summed E-state index contributed by atoms with van der Waals surface area (Å²) in [5.41, 5.74) is 10.4. The number of thioether (sulfide) groups is 1. The second-order valence-corrected chi connectivity index (χ2v) is 26.4. The number of nitrogens with zero attached hydrogens (tertiary/aromatic N) is 5. The fourth-order valence-electron chi connectivity index (χ4n) is 12.0. The summed E-state index contributed by atoms with van der Waals surface area (Å²) >= 11 is 1.48. The number of fused-ring (bicyclic) bond motifs is 5. The van der Waals surface area contributed by atoms with E-state index in [2.05, 4.69) is 52.5 Å². The zero-order valence-corrected chi connectivity index (χ0v) is 62.5. The number of hydrogen-bond donors (Lipinski definition) is 2. The topological polar surface area (TPSA) is 315 Å². The monoisotopic (exact) mass is 1480 g/mol. The van der Waals surface area contributed by atoms with Gasteiger partial charge in [-0.25, -0.2) is 24.5 Å². The number of cyclic esters (lactones) is 1. The molecule has 0 saturated carbocycles. The van der Waals surface area contributed by atoms with Gasteiger partial charge in [-0.2, -0.15) is 0 Å². The minimum atomic E-state index is -1.99. The van der Waals surface area contributed by atoms with Crippen molar-refractivity contribution < 1.29 is 85.6 Å². The molecule has 0 spiro atoms. The molecular weight excluding hydrogens is 1370 g/mol. The Morgan fingerprint density at radius 3 is 1.90 bits per heavy atom. The van der Waals surface area contributed by atoms with Crippen molar-refractivity contribution in [2.45, 2.75) is 148 Å². The van der Waals surface area contributed by atoms with E-state index in [1.165, 1.54) is 11.8 Å². The van der Waals surface area contributed by atoms with Crippen LogP contribution < -0.4 is 16.6 Å². The van der Waals surface area contributed by atoms with Gasteiger partial charge >= 0.3 is 12.1 Å². The number of esters is 1. The number of nitrogens with two attached hydrogens (primary N) is 1. The summed E-state index contributed by atoms with van der Waals surface area (Å²) in [5.74, 6) is 3.91. The highest BCUT2D eigenvalue weighted by Crippen LogP contribution is 2.42. The number of Topliss-reactive ketones (excluding diaryl/α,β-unsaturated/α-hetero) is 3. The number of ether oxygens (including phenoxy) is 12. The molecule has 5 heterocycles. The molecule has 2 atom stereocenters. The van der Waals surface area contributed by atoms with Gasteiger partial charge in [0.25, 0.3) is 5.56 Å². The number of para-hydroxylation sites is 1. The number of carbonyl (C=O) groups is 6. The maximum Gasteiger partial charge on any atom is 0.510 e. The quantitative estimate of drug-likeness (QED) is 0.0118. The van der Waals surface area contributed by atoms with Crippen molar-refractivity contribution in [2.75, 3.05) is 144 Å². The predicted molar refractivity (Wildman–Crippen MR) is 395 cm³/mol. The van der Waals surface area contributed by atoms with Gasteiger partial charge in [-0.15, -0.1) is 0 Å². The third-order valence-corrected chi connectivity index (χ3v) is 18.1. The lowest BCUT2D eigenvalue weighted by atomic mass is 9.85. The number of anilines is 1. The number of benzene rings is 2. The molecule has 572 valence electrons. The normalized spacial score (nSPS) is 13.9. The highest BCUT2D eigenvalue weighted by molar-refractivity contribution is 7.98. The van der Waals surface area contributed by atoms with E-state index in [1.54, 1.807) is 54.2 Å². The maximum absolute atomic E-state index is 14.5. The number of hydrogen-bond acceptors (Lipinski definition) is 25. The lowest BCUT2D eigenvalue weighted by molar-refractivity contribution is -0.175. The SMILES string of the molecule is C=C(C)N(CCc1c2c(nc3ccccc13)-c1cc3c(c(=O)n1C2)COC(=O)[C@@]3(CC)OC(=O)OCc1ccc(NC(=O)[C@H](CCCCN)CC(=O)COCC(=O)CCCOCCOCCOCCOCCOCCOCCOCCOCCCC(=O)CCCC#Cc2cnc(SC)nc2)cc1)C(C)C. The van der Waals surface area contributed by atoms with E-state index >= 15 is 0 Å². The number of rotatable bonds is 54. The number of aromatic nitrogens is 4. The maximum atomic E-state index is 14.5. The van der Waals surface area contributed by atoms with E-state index in [-0.39, 0.29) is 98.2 Å². The minimum absolute atomic E-state index is 0.0568. The van der Waals surface area contributed by atoms with Crippen LogP contribution in [-0.4, -0.2) is 204 Å². The number of unbranched alkanes of at least 4 members (excludes halogenated alkanes) is 2. The van der Waals surface area contributed by atoms with Crippen LogP contribution in [0.1, 0.15) is 138 Å². The number of pyridine rings is 2. The van der Waals surface area contributed by atoms with Gasteiger partial charge in [0.1, 0.15) is 32.2 Å². The van der Waals surface area contributed by atoms with Crippen molar-refractivity contribution in [1.82, 2.24) is 24.4 Å². The standard InChI is InChI=1S/C78H105N7O19S/c1-7-78(69-48-71-72-67(51-85(71)74(90)68(69)55-102-75(78)91)65(28-30-84(56(2)3)57(4)5)66-22-11-12-23-70(66)83-72)104-77(92)103-52-58-24-26-61(27-25-58)82-73(89)60(18-13-14-29-79)47-64(88)54-101-53-63(87)21-16-32-94-34-36-96-38-40-98-42-44-100-46-45-99-43-41-97-39-37-95-35-33-93-31-15-20-62(86)19-10-8-9-17-59-49-80-76(105-6)81-50-59/h11-12,22-27,48-50,57,60H,2,7-8,10,13-16,18-21,28-47,51-55,79H2,1,3-6H3,(H,82,89)/t60-,78+/m1/s1. The zero-order chi connectivity index (χ0) is 75.0. The summed E-state index contributed by atoms with van der Waals surface area (Å²) < 4.78 is 68.6. The van der Waals surface area contributed by atoms with Gasteiger partial charge in [0.05, 0.1) is 127 Å². The van der Waals surface area contributed by atoms with Crippen LogP contribution in [0.3, 0.4) is 0 Å². The van der Waals surface area contributed by atoms with Crippen LogP contribution in [0.15, 0.2) is 89.2 Å². The molecule has 5 aromatic rings. The van der Waals surface area contributed by atoms with Crippen LogP contribution in [0.25, 0.3) is 22.3 Å². The average Bonchev–Trinajstić information content (AvgIpc) is 1.63. The molecule has 0 saturated heterocycles. The highest BCUT2D eigenvalue weighted by atomic mass is 32.2. The first kappa shape index (κ1) is 84.4. The highest BCUT2D eigenvalue weighted by Gasteiger charge is 2.51. The van der Waals surface area contributed by atoms with Gasteiger partial charge in [0.15, 0.2) is 16.7 Å². The van der Waals surface area contributed by atoms with Crippen LogP contribution in [0, 0.1) is 17.8 Å². The van der Waals surface area contributed by atoms with Gasteiger partial charge in [-0.3, -0.25) is 24.0 Å². The Kier molecular flexibility index (Phi) is 37.8. The Bertz CT molecular complexity index is 3710. The van der Waals surface area contributed by atoms with E-state index in [4.69, 9.17) is 67.6 Å². The third kappa shape index (κ3) is 28.1. The van der Waals surface area contributed by atoms with E-state index in [0.29, 0.717) is 204 Å². The fraction of sp³-hybridized carbons (Fsp3) is 0.564. The molecule has 0 unspecified atom stereocenters. The smallest absolute Gasteiger partial charge is 0.457 e. The van der Waals surface area contributed by atoms with Gasteiger partial charge in [0, 0.05) is 104 Å². The van der Waals surface area contributed by atoms with E-state index in [0.717, 1.165) is 39.7 Å². The molecule has 2 aromatic carbocycles. The number of nitrogens with one attached hydrogen (secondary N) is 1. The average molecular weight is 1480 g/mol. The van der Waals surface area contributed by atoms with Crippen molar-refractivity contribution in [1.29, 1.82) is 0 Å². The molecule has 7 rings (SSSR count). The summed E-state index contributed by atoms with van der Waals surface area (Å²) in [4.78, 5) is 109. The predicted octanol–water partition coefficient (Wildman–Crippen LogP) is 9.45. The molecule has 27 heteroatoms. The Labute approximate surface area is 620 Å². The summed E-state index contributed by atoms with van der Waals surface area (Å²) in [6, 6.07) is 16.4. The molecule has 105 heavy (non-hydrogen) atoms. The third-order valence-electron chi connectivity index (χ3n) is 17.5. The minimum Gasteiger partial charge on any atom is -0.457 e. The van der Waals surface area contributed by atoms with Gasteiger partial charge in [0.2, 0.25) is 11.5 Å². The zero-order valence-electron chi connectivity index (χ0n) is 61.6. The van der Waals surface area contributed by atoms with Gasteiger partial charge in [-0.1, -0.05) is 73.9 Å². The van der Waals surface area contributed by atoms with Gasteiger partial charge in [-0.05, 0) is 114 Å². The Balaban J connectivity index is 0.677. The molecule has 0 fully saturated rings. The summed E-state index contributed by atoms with van der Waals surface area (Å²) in [6.07, 6.45) is 10.1. The second kappa shape index (κ2) is 47.0. The van der Waals surface area contributed by atoms with Crippen LogP contribution in [-0.2, 0) is 113 Å². The van der Waals surface area contributed by atoms with E-state index in [1.807, 2.05) is 37.4 Å². The summed E-state index contributed by atoms with van der Waals surface area (Å²) in [5, 5.41) is 4.58. The van der Waals surface area contributed by atoms with Crippen LogP contribution in [0.4, 0.5) is 10.5 Å². The Morgan fingerprint density at radius 2 is 1.31 bits per heavy atom.